The number of fused-ring (bicyclic) bond motifs is 1. The van der Waals surface area contributed by atoms with Gasteiger partial charge in [-0.05, 0) is 31.5 Å². The number of nitrogens with two attached hydrogens (primary N) is 1. The molecule has 1 aliphatic heterocycles. The van der Waals surface area contributed by atoms with Gasteiger partial charge in [-0.25, -0.2) is 0 Å². The van der Waals surface area contributed by atoms with Crippen LogP contribution in [0.5, 0.6) is 5.75 Å². The first-order chi connectivity index (χ1) is 8.87. The van der Waals surface area contributed by atoms with Crippen LogP contribution in [0.2, 0.25) is 0 Å². The van der Waals surface area contributed by atoms with Crippen molar-refractivity contribution >= 4 is 21.7 Å². The lowest BCUT2D eigenvalue weighted by molar-refractivity contribution is 0.139. The number of nitrogens with zero attached hydrogens (tertiary/aromatic N) is 2. The molecule has 0 aliphatic carbocycles. The van der Waals surface area contributed by atoms with Gasteiger partial charge in [-0.15, -0.1) is 0 Å². The van der Waals surface area contributed by atoms with Crippen molar-refractivity contribution < 1.29 is 4.74 Å². The molecule has 4 nitrogen and oxygen atoms in total. The number of hydrogen-bond acceptors (Lipinski definition) is 3. The molecule has 0 saturated heterocycles. The maximum atomic E-state index is 6.09. The van der Waals surface area contributed by atoms with Crippen LogP contribution in [0.15, 0.2) is 22.8 Å². The number of aromatic nitrogens is 2. The number of aryl methyl sites for hydroxylation is 1. The number of anilines is 1. The Kier molecular flexibility index (Phi) is 2.64. The third kappa shape index (κ3) is 2.02. The van der Waals surface area contributed by atoms with Crippen molar-refractivity contribution in [2.24, 2.45) is 7.05 Å². The molecule has 0 radical (unpaired) electrons. The fourth-order valence-corrected chi connectivity index (χ4v) is 3.03. The number of rotatable bonds is 1. The van der Waals surface area contributed by atoms with E-state index in [1.54, 1.807) is 10.9 Å². The van der Waals surface area contributed by atoms with Crippen molar-refractivity contribution in [3.8, 4) is 16.9 Å². The predicted octanol–water partition coefficient (Wildman–Crippen LogP) is 3.15. The Labute approximate surface area is 120 Å². The van der Waals surface area contributed by atoms with Crippen LogP contribution in [0.1, 0.15) is 19.4 Å². The summed E-state index contributed by atoms with van der Waals surface area (Å²) in [4.78, 5) is 0. The van der Waals surface area contributed by atoms with Crippen molar-refractivity contribution in [1.29, 1.82) is 0 Å². The largest absolute Gasteiger partial charge is 0.487 e. The highest BCUT2D eigenvalue weighted by Crippen LogP contribution is 2.45. The van der Waals surface area contributed by atoms with Gasteiger partial charge < -0.3 is 10.5 Å². The van der Waals surface area contributed by atoms with Crippen molar-refractivity contribution in [3.05, 3.63) is 28.4 Å². The summed E-state index contributed by atoms with van der Waals surface area (Å²) in [6, 6.07) is 4.15. The Morgan fingerprint density at radius 1 is 1.37 bits per heavy atom. The number of nitrogen functional groups attached to an aromatic ring is 1. The fraction of sp³-hybridized carbons (Fsp3) is 0.357. The fourth-order valence-electron chi connectivity index (χ4n) is 2.53. The minimum atomic E-state index is -0.172. The molecular formula is C14H16BrN3O. The van der Waals surface area contributed by atoms with E-state index in [1.807, 2.05) is 13.1 Å². The monoisotopic (exact) mass is 321 g/mol. The van der Waals surface area contributed by atoms with Crippen LogP contribution in [-0.2, 0) is 13.5 Å². The number of halogens is 1. The highest BCUT2D eigenvalue weighted by atomic mass is 79.9. The molecule has 0 unspecified atom stereocenters. The molecule has 0 fully saturated rings. The molecule has 0 spiro atoms. The lowest BCUT2D eigenvalue weighted by Crippen LogP contribution is -2.24. The quantitative estimate of drug-likeness (QED) is 0.877. The molecule has 2 heterocycles. The van der Waals surface area contributed by atoms with Gasteiger partial charge in [0, 0.05) is 29.1 Å². The first-order valence-corrected chi connectivity index (χ1v) is 6.96. The molecule has 2 N–H and O–H groups in total. The number of benzene rings is 1. The van der Waals surface area contributed by atoms with Crippen LogP contribution in [-0.4, -0.2) is 15.4 Å². The van der Waals surface area contributed by atoms with Crippen LogP contribution < -0.4 is 10.5 Å². The van der Waals surface area contributed by atoms with Gasteiger partial charge in [0.25, 0.3) is 0 Å². The van der Waals surface area contributed by atoms with E-state index in [9.17, 15) is 0 Å². The molecule has 1 aromatic carbocycles. The van der Waals surface area contributed by atoms with Crippen molar-refractivity contribution in [2.75, 3.05) is 5.73 Å². The third-order valence-electron chi connectivity index (χ3n) is 3.40. The highest BCUT2D eigenvalue weighted by Gasteiger charge is 2.33. The van der Waals surface area contributed by atoms with Crippen LogP contribution in [0, 0.1) is 0 Å². The second-order valence-corrected chi connectivity index (χ2v) is 6.46. The SMILES string of the molecule is Cn1ncc(-c2cc(Br)cc3c2OC(C)(C)C3)c1N. The zero-order valence-electron chi connectivity index (χ0n) is 11.2. The van der Waals surface area contributed by atoms with Gasteiger partial charge in [-0.1, -0.05) is 15.9 Å². The minimum absolute atomic E-state index is 0.172. The topological polar surface area (TPSA) is 53.1 Å². The average Bonchev–Trinajstić information content (AvgIpc) is 2.78. The van der Waals surface area contributed by atoms with Crippen molar-refractivity contribution in [3.63, 3.8) is 0 Å². The molecule has 1 aliphatic rings. The van der Waals surface area contributed by atoms with E-state index in [-0.39, 0.29) is 5.60 Å². The van der Waals surface area contributed by atoms with Crippen LogP contribution in [0.4, 0.5) is 5.82 Å². The lowest BCUT2D eigenvalue weighted by Gasteiger charge is -2.18. The van der Waals surface area contributed by atoms with E-state index in [4.69, 9.17) is 10.5 Å². The van der Waals surface area contributed by atoms with Gasteiger partial charge in [0.1, 0.15) is 17.2 Å². The molecule has 0 amide bonds. The highest BCUT2D eigenvalue weighted by molar-refractivity contribution is 9.10. The molecule has 3 rings (SSSR count). The molecule has 5 heteroatoms. The minimum Gasteiger partial charge on any atom is -0.487 e. The first kappa shape index (κ1) is 12.5. The third-order valence-corrected chi connectivity index (χ3v) is 3.86. The zero-order valence-corrected chi connectivity index (χ0v) is 12.8. The van der Waals surface area contributed by atoms with E-state index < -0.39 is 0 Å². The summed E-state index contributed by atoms with van der Waals surface area (Å²) in [5.74, 6) is 1.57. The second kappa shape index (κ2) is 4.00. The van der Waals surface area contributed by atoms with Crippen molar-refractivity contribution in [2.45, 2.75) is 25.9 Å². The van der Waals surface area contributed by atoms with E-state index in [2.05, 4.69) is 40.9 Å². The summed E-state index contributed by atoms with van der Waals surface area (Å²) in [6.07, 6.45) is 2.68. The Morgan fingerprint density at radius 3 is 2.74 bits per heavy atom. The summed E-state index contributed by atoms with van der Waals surface area (Å²) in [7, 11) is 1.84. The van der Waals surface area contributed by atoms with E-state index in [0.717, 1.165) is 27.8 Å². The summed E-state index contributed by atoms with van der Waals surface area (Å²) >= 11 is 3.56. The molecule has 0 saturated carbocycles. The standard InChI is InChI=1S/C14H16BrN3O/c1-14(2)6-8-4-9(15)5-10(12(8)19-14)11-7-17-18(3)13(11)16/h4-5,7H,6,16H2,1-3H3. The van der Waals surface area contributed by atoms with Gasteiger partial charge >= 0.3 is 0 Å². The first-order valence-electron chi connectivity index (χ1n) is 6.17. The van der Waals surface area contributed by atoms with E-state index >= 15 is 0 Å². The number of ether oxygens (including phenoxy) is 1. The molecule has 100 valence electrons. The molecule has 19 heavy (non-hydrogen) atoms. The van der Waals surface area contributed by atoms with Gasteiger partial charge in [0.15, 0.2) is 0 Å². The second-order valence-electron chi connectivity index (χ2n) is 5.55. The van der Waals surface area contributed by atoms with Crippen LogP contribution in [0.3, 0.4) is 0 Å². The predicted molar refractivity (Wildman–Crippen MR) is 79.2 cm³/mol. The van der Waals surface area contributed by atoms with Crippen molar-refractivity contribution in [1.82, 2.24) is 9.78 Å². The zero-order chi connectivity index (χ0) is 13.8. The normalized spacial score (nSPS) is 16.2. The molecule has 0 atom stereocenters. The smallest absolute Gasteiger partial charge is 0.131 e. The van der Waals surface area contributed by atoms with Crippen LogP contribution >= 0.6 is 15.9 Å². The molecule has 1 aromatic heterocycles. The number of hydrogen-bond donors (Lipinski definition) is 1. The lowest BCUT2D eigenvalue weighted by atomic mass is 9.99. The molecule has 0 bridgehead atoms. The van der Waals surface area contributed by atoms with Gasteiger partial charge in [-0.3, -0.25) is 4.68 Å². The Hall–Kier alpha value is -1.49. The van der Waals surface area contributed by atoms with Crippen LogP contribution in [0.25, 0.3) is 11.1 Å². The van der Waals surface area contributed by atoms with Gasteiger partial charge in [-0.2, -0.15) is 5.10 Å². The Bertz CT molecular complexity index is 661. The van der Waals surface area contributed by atoms with E-state index in [0.29, 0.717) is 5.82 Å². The molecule has 2 aromatic rings. The maximum absolute atomic E-state index is 6.09. The average molecular weight is 322 g/mol. The van der Waals surface area contributed by atoms with Gasteiger partial charge in [0.05, 0.1) is 6.20 Å². The summed E-state index contributed by atoms with van der Waals surface area (Å²) in [5.41, 5.74) is 9.03. The Morgan fingerprint density at radius 2 is 2.11 bits per heavy atom. The molecular weight excluding hydrogens is 306 g/mol. The van der Waals surface area contributed by atoms with E-state index in [1.165, 1.54) is 5.56 Å². The maximum Gasteiger partial charge on any atom is 0.131 e. The van der Waals surface area contributed by atoms with Gasteiger partial charge in [0.2, 0.25) is 0 Å². The summed E-state index contributed by atoms with van der Waals surface area (Å²) in [5, 5.41) is 4.20. The summed E-state index contributed by atoms with van der Waals surface area (Å²) in [6.45, 7) is 4.19. The Balaban J connectivity index is 2.21. The summed E-state index contributed by atoms with van der Waals surface area (Å²) < 4.78 is 8.79.